The van der Waals surface area contributed by atoms with Crippen molar-refractivity contribution in [3.05, 3.63) is 144 Å². The zero-order valence-electron chi connectivity index (χ0n) is 20.3. The average molecular weight is 481 g/mol. The normalized spacial score (nSPS) is 11.2. The van der Waals surface area contributed by atoms with Gasteiger partial charge in [-0.3, -0.25) is 0 Å². The van der Waals surface area contributed by atoms with Crippen LogP contribution in [0.25, 0.3) is 0 Å². The lowest BCUT2D eigenvalue weighted by Gasteiger charge is -2.02. The van der Waals surface area contributed by atoms with Gasteiger partial charge in [-0.15, -0.1) is 0 Å². The van der Waals surface area contributed by atoms with Gasteiger partial charge in [0.15, 0.2) is 0 Å². The van der Waals surface area contributed by atoms with E-state index in [1.807, 2.05) is 24.3 Å². The summed E-state index contributed by atoms with van der Waals surface area (Å²) < 4.78 is 8.73. The monoisotopic (exact) mass is 480 g/mol. The second-order valence-electron chi connectivity index (χ2n) is 9.28. The van der Waals surface area contributed by atoms with Crippen molar-refractivity contribution in [1.82, 2.24) is 9.13 Å². The number of aliphatic hydroxyl groups is 2. The maximum Gasteiger partial charge on any atom is 0.244 e. The second kappa shape index (κ2) is 11.2. The van der Waals surface area contributed by atoms with Gasteiger partial charge in [-0.25, -0.2) is 18.3 Å². The lowest BCUT2D eigenvalue weighted by molar-refractivity contribution is -0.688. The molecular formula is C30H32N4O2+2. The Morgan fingerprint density at radius 1 is 0.472 bits per heavy atom. The van der Waals surface area contributed by atoms with Crippen LogP contribution < -0.4 is 9.13 Å². The van der Waals surface area contributed by atoms with E-state index in [9.17, 15) is 10.2 Å². The fourth-order valence-corrected chi connectivity index (χ4v) is 4.35. The molecule has 0 atom stereocenters. The summed E-state index contributed by atoms with van der Waals surface area (Å²) in [4.78, 5) is 0. The van der Waals surface area contributed by atoms with Crippen molar-refractivity contribution < 1.29 is 19.3 Å². The number of aliphatic hydroxyl groups excluding tert-OH is 2. The van der Waals surface area contributed by atoms with Crippen LogP contribution in [-0.2, 0) is 39.4 Å². The van der Waals surface area contributed by atoms with Crippen molar-refractivity contribution >= 4 is 0 Å². The number of hydrogen-bond donors (Lipinski definition) is 2. The van der Waals surface area contributed by atoms with E-state index >= 15 is 0 Å². The SMILES string of the molecule is OCc1ccc(C[n+]2ccn(Cc3ccc(Cn4cc[n+](Cc5ccc(CO)cc5)c4)cc3)c2)cc1. The molecule has 0 unspecified atom stereocenters. The summed E-state index contributed by atoms with van der Waals surface area (Å²) in [7, 11) is 0. The molecule has 0 bridgehead atoms. The summed E-state index contributed by atoms with van der Waals surface area (Å²) in [6.07, 6.45) is 12.7. The number of nitrogens with zero attached hydrogens (tertiary/aromatic N) is 4. The smallest absolute Gasteiger partial charge is 0.244 e. The zero-order chi connectivity index (χ0) is 24.7. The molecule has 0 saturated heterocycles. The Kier molecular flexibility index (Phi) is 7.36. The van der Waals surface area contributed by atoms with Gasteiger partial charge in [-0.05, 0) is 33.4 Å². The maximum atomic E-state index is 9.20. The van der Waals surface area contributed by atoms with Crippen molar-refractivity contribution in [2.75, 3.05) is 0 Å². The van der Waals surface area contributed by atoms with Crippen molar-refractivity contribution in [2.45, 2.75) is 39.4 Å². The van der Waals surface area contributed by atoms with E-state index in [2.05, 4.69) is 104 Å². The van der Waals surface area contributed by atoms with E-state index in [0.717, 1.165) is 37.3 Å². The molecule has 182 valence electrons. The van der Waals surface area contributed by atoms with Crippen molar-refractivity contribution in [3.63, 3.8) is 0 Å². The molecule has 2 aromatic heterocycles. The van der Waals surface area contributed by atoms with Crippen LogP contribution in [0.15, 0.2) is 110 Å². The van der Waals surface area contributed by atoms with Crippen molar-refractivity contribution in [2.24, 2.45) is 0 Å². The van der Waals surface area contributed by atoms with Gasteiger partial charge in [-0.1, -0.05) is 72.8 Å². The van der Waals surface area contributed by atoms with Gasteiger partial charge in [0, 0.05) is 0 Å². The first-order chi connectivity index (χ1) is 17.7. The first-order valence-corrected chi connectivity index (χ1v) is 12.2. The third-order valence-corrected chi connectivity index (χ3v) is 6.39. The van der Waals surface area contributed by atoms with E-state index in [1.165, 1.54) is 22.3 Å². The minimum atomic E-state index is 0.0790. The third kappa shape index (κ3) is 6.16. The minimum Gasteiger partial charge on any atom is -0.392 e. The second-order valence-corrected chi connectivity index (χ2v) is 9.28. The Bertz CT molecular complexity index is 1280. The molecule has 6 nitrogen and oxygen atoms in total. The number of imidazole rings is 2. The zero-order valence-corrected chi connectivity index (χ0v) is 20.3. The number of aromatic nitrogens is 4. The molecule has 0 amide bonds. The van der Waals surface area contributed by atoms with Gasteiger partial charge >= 0.3 is 0 Å². The van der Waals surface area contributed by atoms with Crippen LogP contribution in [0.3, 0.4) is 0 Å². The van der Waals surface area contributed by atoms with Crippen LogP contribution in [0, 0.1) is 0 Å². The molecule has 0 aliphatic heterocycles. The Labute approximate surface area is 211 Å². The van der Waals surface area contributed by atoms with E-state index in [4.69, 9.17) is 0 Å². The lowest BCUT2D eigenvalue weighted by atomic mass is 10.1. The molecule has 2 heterocycles. The average Bonchev–Trinajstić information content (AvgIpc) is 3.55. The molecule has 3 aromatic carbocycles. The van der Waals surface area contributed by atoms with Crippen LogP contribution in [0.1, 0.15) is 33.4 Å². The van der Waals surface area contributed by atoms with Gasteiger partial charge in [0.25, 0.3) is 0 Å². The molecule has 36 heavy (non-hydrogen) atoms. The predicted molar refractivity (Wildman–Crippen MR) is 137 cm³/mol. The summed E-state index contributed by atoms with van der Waals surface area (Å²) >= 11 is 0. The van der Waals surface area contributed by atoms with E-state index < -0.39 is 0 Å². The van der Waals surface area contributed by atoms with E-state index in [1.54, 1.807) is 0 Å². The van der Waals surface area contributed by atoms with Gasteiger partial charge in [-0.2, -0.15) is 0 Å². The third-order valence-electron chi connectivity index (χ3n) is 6.39. The fraction of sp³-hybridized carbons (Fsp3) is 0.200. The predicted octanol–water partition coefficient (Wildman–Crippen LogP) is 3.04. The van der Waals surface area contributed by atoms with Crippen LogP contribution in [0.5, 0.6) is 0 Å². The van der Waals surface area contributed by atoms with Crippen molar-refractivity contribution in [1.29, 1.82) is 0 Å². The first-order valence-electron chi connectivity index (χ1n) is 12.2. The molecule has 5 aromatic rings. The van der Waals surface area contributed by atoms with Gasteiger partial charge in [0.1, 0.15) is 51.0 Å². The highest BCUT2D eigenvalue weighted by Crippen LogP contribution is 2.09. The molecule has 2 N–H and O–H groups in total. The topological polar surface area (TPSA) is 58.1 Å². The van der Waals surface area contributed by atoms with Crippen molar-refractivity contribution in [3.8, 4) is 0 Å². The molecule has 0 saturated carbocycles. The molecule has 0 aliphatic carbocycles. The van der Waals surface area contributed by atoms with Crippen LogP contribution in [-0.4, -0.2) is 19.3 Å². The summed E-state index contributed by atoms with van der Waals surface area (Å²) in [5.74, 6) is 0. The molecule has 0 radical (unpaired) electrons. The van der Waals surface area contributed by atoms with Crippen LogP contribution >= 0.6 is 0 Å². The fourth-order valence-electron chi connectivity index (χ4n) is 4.35. The minimum absolute atomic E-state index is 0.0790. The van der Waals surface area contributed by atoms with Gasteiger partial charge in [0.05, 0.1) is 13.2 Å². The molecule has 0 spiro atoms. The molecule has 0 aliphatic rings. The summed E-state index contributed by atoms with van der Waals surface area (Å²) in [5.41, 5.74) is 6.83. The number of hydrogen-bond acceptors (Lipinski definition) is 2. The van der Waals surface area contributed by atoms with Crippen LogP contribution in [0.2, 0.25) is 0 Å². The Balaban J connectivity index is 1.14. The first kappa shape index (κ1) is 23.7. The maximum absolute atomic E-state index is 9.20. The molecule has 5 rings (SSSR count). The van der Waals surface area contributed by atoms with Gasteiger partial charge in [0.2, 0.25) is 12.7 Å². The van der Waals surface area contributed by atoms with E-state index in [-0.39, 0.29) is 13.2 Å². The summed E-state index contributed by atoms with van der Waals surface area (Å²) in [6, 6.07) is 25.0. The Hall–Kier alpha value is -4.00. The number of rotatable bonds is 10. The Morgan fingerprint density at radius 3 is 1.17 bits per heavy atom. The summed E-state index contributed by atoms with van der Waals surface area (Å²) in [6.45, 7) is 3.43. The highest BCUT2D eigenvalue weighted by Gasteiger charge is 2.09. The molecule has 0 fully saturated rings. The lowest BCUT2D eigenvalue weighted by Crippen LogP contribution is -2.31. The Morgan fingerprint density at radius 2 is 0.806 bits per heavy atom. The quantitative estimate of drug-likeness (QED) is 0.302. The van der Waals surface area contributed by atoms with Crippen LogP contribution in [0.4, 0.5) is 0 Å². The number of benzene rings is 3. The molecular weight excluding hydrogens is 448 g/mol. The standard InChI is InChI=1S/C30H32N4O2/c35-21-29-9-5-27(6-10-29)19-33-15-13-31(23-33)17-25-1-2-26(4-3-25)18-32-14-16-34(24-32)20-28-7-11-30(22-36)12-8-28/h1-16,23-24,35-36H,17-22H2/q+2. The highest BCUT2D eigenvalue weighted by atomic mass is 16.3. The summed E-state index contributed by atoms with van der Waals surface area (Å²) in [5, 5.41) is 18.4. The van der Waals surface area contributed by atoms with E-state index in [0.29, 0.717) is 0 Å². The highest BCUT2D eigenvalue weighted by molar-refractivity contribution is 5.24. The molecule has 6 heteroatoms. The van der Waals surface area contributed by atoms with Gasteiger partial charge < -0.3 is 10.2 Å². The largest absolute Gasteiger partial charge is 0.392 e.